The Morgan fingerprint density at radius 3 is 2.73 bits per heavy atom. The zero-order valence-electron chi connectivity index (χ0n) is 15.5. The van der Waals surface area contributed by atoms with Crippen molar-refractivity contribution in [3.8, 4) is 5.75 Å². The molecule has 1 amide bonds. The molecular formula is C20H26N4O2. The summed E-state index contributed by atoms with van der Waals surface area (Å²) in [5.41, 5.74) is 2.84. The van der Waals surface area contributed by atoms with Gasteiger partial charge in [-0.25, -0.2) is 9.97 Å². The molecule has 0 spiro atoms. The third-order valence-corrected chi connectivity index (χ3v) is 4.36. The summed E-state index contributed by atoms with van der Waals surface area (Å²) in [6, 6.07) is 9.57. The average Bonchev–Trinajstić information content (AvgIpc) is 2.65. The van der Waals surface area contributed by atoms with Crippen LogP contribution in [0.2, 0.25) is 0 Å². The number of ether oxygens (including phenoxy) is 1. The number of aromatic nitrogens is 2. The molecule has 1 aromatic heterocycles. The summed E-state index contributed by atoms with van der Waals surface area (Å²) < 4.78 is 5.53. The largest absolute Gasteiger partial charge is 0.484 e. The van der Waals surface area contributed by atoms with Crippen LogP contribution in [0.25, 0.3) is 0 Å². The van der Waals surface area contributed by atoms with E-state index in [0.717, 1.165) is 36.0 Å². The molecule has 1 saturated heterocycles. The number of nitrogens with zero attached hydrogens (tertiary/aromatic N) is 3. The van der Waals surface area contributed by atoms with Gasteiger partial charge in [0.2, 0.25) is 5.95 Å². The van der Waals surface area contributed by atoms with Crippen LogP contribution in [-0.2, 0) is 11.3 Å². The van der Waals surface area contributed by atoms with Crippen LogP contribution < -0.4 is 15.0 Å². The highest BCUT2D eigenvalue weighted by molar-refractivity contribution is 5.77. The van der Waals surface area contributed by atoms with Crippen molar-refractivity contribution in [2.24, 2.45) is 0 Å². The number of anilines is 1. The van der Waals surface area contributed by atoms with Gasteiger partial charge >= 0.3 is 0 Å². The maximum Gasteiger partial charge on any atom is 0.258 e. The van der Waals surface area contributed by atoms with Crippen LogP contribution in [0.5, 0.6) is 5.75 Å². The number of nitrogens with one attached hydrogen (secondary N) is 1. The molecular weight excluding hydrogens is 328 g/mol. The van der Waals surface area contributed by atoms with Gasteiger partial charge in [-0.15, -0.1) is 0 Å². The zero-order chi connectivity index (χ0) is 18.4. The van der Waals surface area contributed by atoms with Gasteiger partial charge in [-0.05, 0) is 56.9 Å². The molecule has 0 bridgehead atoms. The third kappa shape index (κ3) is 5.18. The van der Waals surface area contributed by atoms with E-state index in [1.165, 1.54) is 19.3 Å². The Kier molecular flexibility index (Phi) is 6.04. The lowest BCUT2D eigenvalue weighted by molar-refractivity contribution is -0.123. The van der Waals surface area contributed by atoms with Gasteiger partial charge in [0, 0.05) is 18.8 Å². The zero-order valence-corrected chi connectivity index (χ0v) is 15.5. The first kappa shape index (κ1) is 18.2. The Bertz CT molecular complexity index is 757. The molecule has 0 radical (unpaired) electrons. The van der Waals surface area contributed by atoms with E-state index in [4.69, 9.17) is 4.74 Å². The highest BCUT2D eigenvalue weighted by Crippen LogP contribution is 2.16. The molecule has 138 valence electrons. The second-order valence-corrected chi connectivity index (χ2v) is 6.73. The van der Waals surface area contributed by atoms with E-state index >= 15 is 0 Å². The molecule has 2 heterocycles. The summed E-state index contributed by atoms with van der Waals surface area (Å²) in [4.78, 5) is 23.4. The molecule has 1 N–H and O–H groups in total. The Labute approximate surface area is 154 Å². The molecule has 1 aliphatic heterocycles. The SMILES string of the molecule is Cc1cccc(OCC(=O)NCc2cc(C)nc(N3CCCCC3)n2)c1. The Balaban J connectivity index is 1.53. The average molecular weight is 354 g/mol. The number of rotatable bonds is 6. The molecule has 6 heteroatoms. The van der Waals surface area contributed by atoms with E-state index in [0.29, 0.717) is 12.3 Å². The second-order valence-electron chi connectivity index (χ2n) is 6.73. The molecule has 2 aromatic rings. The summed E-state index contributed by atoms with van der Waals surface area (Å²) in [6.07, 6.45) is 3.63. The highest BCUT2D eigenvalue weighted by Gasteiger charge is 2.15. The number of amides is 1. The van der Waals surface area contributed by atoms with Crippen LogP contribution in [0.1, 0.15) is 36.2 Å². The molecule has 0 aliphatic carbocycles. The van der Waals surface area contributed by atoms with Gasteiger partial charge in [-0.1, -0.05) is 12.1 Å². The van der Waals surface area contributed by atoms with E-state index < -0.39 is 0 Å². The van der Waals surface area contributed by atoms with Crippen LogP contribution in [0, 0.1) is 13.8 Å². The lowest BCUT2D eigenvalue weighted by Crippen LogP contribution is -2.32. The van der Waals surface area contributed by atoms with Gasteiger partial charge in [0.25, 0.3) is 5.91 Å². The summed E-state index contributed by atoms with van der Waals surface area (Å²) >= 11 is 0. The van der Waals surface area contributed by atoms with Gasteiger partial charge < -0.3 is 15.0 Å². The maximum absolute atomic E-state index is 12.1. The quantitative estimate of drug-likeness (QED) is 0.864. The molecule has 0 atom stereocenters. The van der Waals surface area contributed by atoms with E-state index in [2.05, 4.69) is 20.2 Å². The molecule has 6 nitrogen and oxygen atoms in total. The van der Waals surface area contributed by atoms with Crippen molar-refractivity contribution in [3.05, 3.63) is 47.3 Å². The first-order valence-corrected chi connectivity index (χ1v) is 9.16. The van der Waals surface area contributed by atoms with Gasteiger partial charge in [-0.3, -0.25) is 4.79 Å². The summed E-state index contributed by atoms with van der Waals surface area (Å²) in [6.45, 7) is 6.32. The first-order valence-electron chi connectivity index (χ1n) is 9.16. The fraction of sp³-hybridized carbons (Fsp3) is 0.450. The van der Waals surface area contributed by atoms with Gasteiger partial charge in [0.15, 0.2) is 6.61 Å². The Morgan fingerprint density at radius 1 is 1.15 bits per heavy atom. The number of aryl methyl sites for hydroxylation is 2. The highest BCUT2D eigenvalue weighted by atomic mass is 16.5. The van der Waals surface area contributed by atoms with Crippen molar-refractivity contribution >= 4 is 11.9 Å². The van der Waals surface area contributed by atoms with Crippen molar-refractivity contribution < 1.29 is 9.53 Å². The van der Waals surface area contributed by atoms with Crippen molar-refractivity contribution in [2.75, 3.05) is 24.6 Å². The monoisotopic (exact) mass is 354 g/mol. The fourth-order valence-corrected chi connectivity index (χ4v) is 3.04. The minimum Gasteiger partial charge on any atom is -0.484 e. The Morgan fingerprint density at radius 2 is 1.96 bits per heavy atom. The van der Waals surface area contributed by atoms with Crippen molar-refractivity contribution in [1.29, 1.82) is 0 Å². The molecule has 3 rings (SSSR count). The van der Waals surface area contributed by atoms with E-state index in [1.54, 1.807) is 0 Å². The number of carbonyl (C=O) groups excluding carboxylic acids is 1. The second kappa shape index (κ2) is 8.65. The summed E-state index contributed by atoms with van der Waals surface area (Å²) in [5, 5.41) is 2.87. The molecule has 0 saturated carbocycles. The Hall–Kier alpha value is -2.63. The van der Waals surface area contributed by atoms with Crippen molar-refractivity contribution in [3.63, 3.8) is 0 Å². The third-order valence-electron chi connectivity index (χ3n) is 4.36. The number of carbonyl (C=O) groups is 1. The van der Waals surface area contributed by atoms with Crippen LogP contribution in [0.15, 0.2) is 30.3 Å². The number of benzene rings is 1. The van der Waals surface area contributed by atoms with Crippen molar-refractivity contribution in [1.82, 2.24) is 15.3 Å². The number of hydrogen-bond donors (Lipinski definition) is 1. The molecule has 1 aliphatic rings. The minimum absolute atomic E-state index is 0.00744. The molecule has 1 fully saturated rings. The van der Waals surface area contributed by atoms with Crippen LogP contribution in [0.4, 0.5) is 5.95 Å². The van der Waals surface area contributed by atoms with Crippen LogP contribution >= 0.6 is 0 Å². The maximum atomic E-state index is 12.1. The number of hydrogen-bond acceptors (Lipinski definition) is 5. The van der Waals surface area contributed by atoms with E-state index in [-0.39, 0.29) is 12.5 Å². The first-order chi connectivity index (χ1) is 12.6. The van der Waals surface area contributed by atoms with E-state index in [1.807, 2.05) is 44.2 Å². The lowest BCUT2D eigenvalue weighted by Gasteiger charge is -2.27. The lowest BCUT2D eigenvalue weighted by atomic mass is 10.1. The topological polar surface area (TPSA) is 67.3 Å². The smallest absolute Gasteiger partial charge is 0.258 e. The van der Waals surface area contributed by atoms with Gasteiger partial charge in [0.1, 0.15) is 5.75 Å². The summed E-state index contributed by atoms with van der Waals surface area (Å²) in [7, 11) is 0. The van der Waals surface area contributed by atoms with Crippen LogP contribution in [0.3, 0.4) is 0 Å². The molecule has 0 unspecified atom stereocenters. The molecule has 26 heavy (non-hydrogen) atoms. The molecule has 1 aromatic carbocycles. The summed E-state index contributed by atoms with van der Waals surface area (Å²) in [5.74, 6) is 1.30. The van der Waals surface area contributed by atoms with Gasteiger partial charge in [0.05, 0.1) is 12.2 Å². The standard InChI is InChI=1S/C20H26N4O2/c1-15-7-6-8-18(11-15)26-14-19(25)21-13-17-12-16(2)22-20(23-17)24-9-4-3-5-10-24/h6-8,11-12H,3-5,9-10,13-14H2,1-2H3,(H,21,25). The van der Waals surface area contributed by atoms with Crippen molar-refractivity contribution in [2.45, 2.75) is 39.7 Å². The van der Waals surface area contributed by atoms with E-state index in [9.17, 15) is 4.79 Å². The number of piperidine rings is 1. The van der Waals surface area contributed by atoms with Crippen LogP contribution in [-0.4, -0.2) is 35.6 Å². The normalized spacial score (nSPS) is 14.2. The van der Waals surface area contributed by atoms with Gasteiger partial charge in [-0.2, -0.15) is 0 Å². The fourth-order valence-electron chi connectivity index (χ4n) is 3.04. The predicted octanol–water partition coefficient (Wildman–Crippen LogP) is 2.78. The minimum atomic E-state index is -0.165. The predicted molar refractivity (Wildman–Crippen MR) is 101 cm³/mol.